The maximum atomic E-state index is 12.3. The third kappa shape index (κ3) is 3.50. The molecule has 5 heteroatoms. The monoisotopic (exact) mass is 253 g/mol. The highest BCUT2D eigenvalue weighted by Crippen LogP contribution is 2.17. The zero-order valence-electron chi connectivity index (χ0n) is 11.6. The molecule has 1 rings (SSSR count). The van der Waals surface area contributed by atoms with Gasteiger partial charge in [-0.1, -0.05) is 0 Å². The van der Waals surface area contributed by atoms with E-state index < -0.39 is 0 Å². The molecule has 0 aliphatic rings. The van der Waals surface area contributed by atoms with E-state index in [-0.39, 0.29) is 11.9 Å². The van der Waals surface area contributed by atoms with Gasteiger partial charge in [0.2, 0.25) is 0 Å². The number of methoxy groups -OCH3 is 1. The van der Waals surface area contributed by atoms with E-state index in [1.807, 2.05) is 18.4 Å². The fourth-order valence-electron chi connectivity index (χ4n) is 1.84. The average molecular weight is 253 g/mol. The topological polar surface area (TPSA) is 60.5 Å². The number of carbonyl (C=O) groups is 1. The Hall–Kier alpha value is -1.49. The van der Waals surface area contributed by atoms with Gasteiger partial charge >= 0.3 is 0 Å². The van der Waals surface area contributed by atoms with Crippen LogP contribution in [0.3, 0.4) is 0 Å². The number of rotatable bonds is 6. The van der Waals surface area contributed by atoms with Crippen molar-refractivity contribution in [1.82, 2.24) is 9.47 Å². The number of aromatic nitrogens is 1. The smallest absolute Gasteiger partial charge is 0.270 e. The lowest BCUT2D eigenvalue weighted by atomic mass is 10.3. The molecular weight excluding hydrogens is 230 g/mol. The number of nitrogens with zero attached hydrogens (tertiary/aromatic N) is 2. The SMILES string of the molecule is COCCCN(C)C(=O)c1cc(N)cn1C(C)C. The summed E-state index contributed by atoms with van der Waals surface area (Å²) in [5, 5.41) is 0. The molecule has 0 aliphatic carbocycles. The van der Waals surface area contributed by atoms with Crippen LogP contribution in [0.5, 0.6) is 0 Å². The highest BCUT2D eigenvalue weighted by molar-refractivity contribution is 5.93. The number of ether oxygens (including phenoxy) is 1. The number of carbonyl (C=O) groups excluding carboxylic acids is 1. The second-order valence-corrected chi connectivity index (χ2v) is 4.73. The van der Waals surface area contributed by atoms with E-state index in [4.69, 9.17) is 10.5 Å². The lowest BCUT2D eigenvalue weighted by Gasteiger charge is -2.19. The molecule has 0 saturated heterocycles. The summed E-state index contributed by atoms with van der Waals surface area (Å²) in [5.74, 6) is -0.00324. The highest BCUT2D eigenvalue weighted by Gasteiger charge is 2.18. The third-order valence-corrected chi connectivity index (χ3v) is 2.83. The van der Waals surface area contributed by atoms with Crippen molar-refractivity contribution in [3.63, 3.8) is 0 Å². The van der Waals surface area contributed by atoms with Crippen molar-refractivity contribution in [2.24, 2.45) is 0 Å². The van der Waals surface area contributed by atoms with Crippen molar-refractivity contribution in [3.05, 3.63) is 18.0 Å². The van der Waals surface area contributed by atoms with Crippen LogP contribution in [0.15, 0.2) is 12.3 Å². The summed E-state index contributed by atoms with van der Waals surface area (Å²) in [6, 6.07) is 1.95. The maximum Gasteiger partial charge on any atom is 0.270 e. The minimum atomic E-state index is -0.00324. The molecule has 0 aromatic carbocycles. The van der Waals surface area contributed by atoms with E-state index in [0.29, 0.717) is 24.5 Å². The predicted octanol–water partition coefficient (Wildman–Crippen LogP) is 1.76. The number of nitrogens with two attached hydrogens (primary N) is 1. The van der Waals surface area contributed by atoms with Gasteiger partial charge in [-0.05, 0) is 26.3 Å². The van der Waals surface area contributed by atoms with Crippen molar-refractivity contribution >= 4 is 11.6 Å². The molecule has 18 heavy (non-hydrogen) atoms. The number of hydrogen-bond donors (Lipinski definition) is 1. The molecule has 0 unspecified atom stereocenters. The van der Waals surface area contributed by atoms with Crippen molar-refractivity contribution in [2.45, 2.75) is 26.3 Å². The largest absolute Gasteiger partial charge is 0.397 e. The molecule has 0 saturated carbocycles. The van der Waals surface area contributed by atoms with Gasteiger partial charge in [0.05, 0.1) is 5.69 Å². The molecule has 1 heterocycles. The van der Waals surface area contributed by atoms with E-state index in [9.17, 15) is 4.79 Å². The summed E-state index contributed by atoms with van der Waals surface area (Å²) in [6.45, 7) is 5.39. The molecule has 0 aliphatic heterocycles. The first-order chi connectivity index (χ1) is 8.47. The zero-order valence-corrected chi connectivity index (χ0v) is 11.6. The molecule has 1 aromatic heterocycles. The van der Waals surface area contributed by atoms with Gasteiger partial charge < -0.3 is 19.9 Å². The van der Waals surface area contributed by atoms with Crippen molar-refractivity contribution < 1.29 is 9.53 Å². The predicted molar refractivity (Wildman–Crippen MR) is 72.7 cm³/mol. The van der Waals surface area contributed by atoms with Crippen LogP contribution in [0.1, 0.15) is 36.8 Å². The van der Waals surface area contributed by atoms with Crippen molar-refractivity contribution in [2.75, 3.05) is 33.0 Å². The van der Waals surface area contributed by atoms with Crippen LogP contribution < -0.4 is 5.73 Å². The number of amides is 1. The second-order valence-electron chi connectivity index (χ2n) is 4.73. The van der Waals surface area contributed by atoms with Crippen LogP contribution in [0.2, 0.25) is 0 Å². The van der Waals surface area contributed by atoms with Crippen molar-refractivity contribution in [3.8, 4) is 0 Å². The van der Waals surface area contributed by atoms with Gasteiger partial charge in [-0.15, -0.1) is 0 Å². The van der Waals surface area contributed by atoms with Gasteiger partial charge in [0.1, 0.15) is 5.69 Å². The first-order valence-electron chi connectivity index (χ1n) is 6.19. The quantitative estimate of drug-likeness (QED) is 0.786. The Morgan fingerprint density at radius 2 is 2.22 bits per heavy atom. The third-order valence-electron chi connectivity index (χ3n) is 2.83. The Morgan fingerprint density at radius 3 is 2.78 bits per heavy atom. The zero-order chi connectivity index (χ0) is 13.7. The fourth-order valence-corrected chi connectivity index (χ4v) is 1.84. The van der Waals surface area contributed by atoms with E-state index in [0.717, 1.165) is 6.42 Å². The molecule has 0 radical (unpaired) electrons. The first kappa shape index (κ1) is 14.6. The molecule has 0 fully saturated rings. The molecule has 1 aromatic rings. The minimum absolute atomic E-state index is 0.00324. The van der Waals surface area contributed by atoms with Gasteiger partial charge in [0, 0.05) is 39.5 Å². The second kappa shape index (κ2) is 6.44. The Bertz CT molecular complexity index is 399. The molecule has 1 amide bonds. The number of anilines is 1. The van der Waals surface area contributed by atoms with Crippen LogP contribution in [0.4, 0.5) is 5.69 Å². The van der Waals surface area contributed by atoms with Gasteiger partial charge in [-0.3, -0.25) is 4.79 Å². The molecule has 2 N–H and O–H groups in total. The Labute approximate surface area is 109 Å². The average Bonchev–Trinajstić information content (AvgIpc) is 2.70. The van der Waals surface area contributed by atoms with Gasteiger partial charge in [-0.2, -0.15) is 0 Å². The molecule has 5 nitrogen and oxygen atoms in total. The normalized spacial score (nSPS) is 10.9. The highest BCUT2D eigenvalue weighted by atomic mass is 16.5. The lowest BCUT2D eigenvalue weighted by molar-refractivity contribution is 0.0767. The number of nitrogen functional groups attached to an aromatic ring is 1. The summed E-state index contributed by atoms with van der Waals surface area (Å²) >= 11 is 0. The first-order valence-corrected chi connectivity index (χ1v) is 6.19. The van der Waals surface area contributed by atoms with E-state index >= 15 is 0 Å². The Balaban J connectivity index is 2.76. The van der Waals surface area contributed by atoms with E-state index in [1.165, 1.54) is 0 Å². The van der Waals surface area contributed by atoms with E-state index in [1.54, 1.807) is 31.3 Å². The summed E-state index contributed by atoms with van der Waals surface area (Å²) in [5.41, 5.74) is 7.03. The summed E-state index contributed by atoms with van der Waals surface area (Å²) in [7, 11) is 3.46. The van der Waals surface area contributed by atoms with Gasteiger partial charge in [-0.25, -0.2) is 0 Å². The Kier molecular flexibility index (Phi) is 5.22. The summed E-state index contributed by atoms with van der Waals surface area (Å²) in [6.07, 6.45) is 2.64. The molecule has 0 spiro atoms. The standard InChI is InChI=1S/C13H23N3O2/c1-10(2)16-9-11(14)8-12(16)13(17)15(3)6-5-7-18-4/h8-10H,5-7,14H2,1-4H3. The van der Waals surface area contributed by atoms with Crippen LogP contribution in [0, 0.1) is 0 Å². The fraction of sp³-hybridized carbons (Fsp3) is 0.615. The number of hydrogen-bond acceptors (Lipinski definition) is 3. The summed E-state index contributed by atoms with van der Waals surface area (Å²) < 4.78 is 6.89. The van der Waals surface area contributed by atoms with Crippen LogP contribution in [-0.4, -0.2) is 42.7 Å². The molecule has 0 bridgehead atoms. The van der Waals surface area contributed by atoms with Crippen LogP contribution >= 0.6 is 0 Å². The van der Waals surface area contributed by atoms with Gasteiger partial charge in [0.25, 0.3) is 5.91 Å². The van der Waals surface area contributed by atoms with Gasteiger partial charge in [0.15, 0.2) is 0 Å². The molecular formula is C13H23N3O2. The van der Waals surface area contributed by atoms with Crippen LogP contribution in [-0.2, 0) is 4.74 Å². The Morgan fingerprint density at radius 1 is 1.56 bits per heavy atom. The minimum Gasteiger partial charge on any atom is -0.397 e. The maximum absolute atomic E-state index is 12.3. The molecule has 0 atom stereocenters. The van der Waals surface area contributed by atoms with E-state index in [2.05, 4.69) is 0 Å². The lowest BCUT2D eigenvalue weighted by Crippen LogP contribution is -2.30. The molecule has 102 valence electrons. The van der Waals surface area contributed by atoms with Crippen molar-refractivity contribution in [1.29, 1.82) is 0 Å². The summed E-state index contributed by atoms with van der Waals surface area (Å²) in [4.78, 5) is 14.0. The van der Waals surface area contributed by atoms with Crippen LogP contribution in [0.25, 0.3) is 0 Å².